The predicted octanol–water partition coefficient (Wildman–Crippen LogP) is 2.36. The molecule has 76 valence electrons. The van der Waals surface area contributed by atoms with Gasteiger partial charge in [0.25, 0.3) is 0 Å². The SMILES string of the molecule is CNc1cccc([C@H]2CCCCO2)n1. The minimum absolute atomic E-state index is 0.206. The van der Waals surface area contributed by atoms with Gasteiger partial charge in [0, 0.05) is 13.7 Å². The van der Waals surface area contributed by atoms with Crippen LogP contribution in [0.2, 0.25) is 0 Å². The number of pyridine rings is 1. The molecule has 0 aromatic carbocycles. The van der Waals surface area contributed by atoms with E-state index in [0.29, 0.717) is 0 Å². The molecule has 2 heterocycles. The van der Waals surface area contributed by atoms with Gasteiger partial charge in [0.2, 0.25) is 0 Å². The molecule has 0 unspecified atom stereocenters. The van der Waals surface area contributed by atoms with Crippen LogP contribution >= 0.6 is 0 Å². The minimum atomic E-state index is 0.206. The van der Waals surface area contributed by atoms with Crippen molar-refractivity contribution in [3.05, 3.63) is 23.9 Å². The first kappa shape index (κ1) is 9.46. The van der Waals surface area contributed by atoms with Crippen molar-refractivity contribution in [2.75, 3.05) is 19.0 Å². The Labute approximate surface area is 84.5 Å². The molecule has 14 heavy (non-hydrogen) atoms. The monoisotopic (exact) mass is 192 g/mol. The summed E-state index contributed by atoms with van der Waals surface area (Å²) in [5.41, 5.74) is 1.05. The number of hydrogen-bond acceptors (Lipinski definition) is 3. The zero-order chi connectivity index (χ0) is 9.80. The predicted molar refractivity (Wildman–Crippen MR) is 56.3 cm³/mol. The van der Waals surface area contributed by atoms with Gasteiger partial charge in [0.15, 0.2) is 0 Å². The van der Waals surface area contributed by atoms with Gasteiger partial charge < -0.3 is 10.1 Å². The highest BCUT2D eigenvalue weighted by Crippen LogP contribution is 2.26. The van der Waals surface area contributed by atoms with E-state index in [-0.39, 0.29) is 6.10 Å². The summed E-state index contributed by atoms with van der Waals surface area (Å²) in [6, 6.07) is 6.02. The van der Waals surface area contributed by atoms with Gasteiger partial charge in [-0.05, 0) is 31.4 Å². The van der Waals surface area contributed by atoms with E-state index in [2.05, 4.69) is 10.3 Å². The van der Waals surface area contributed by atoms with Crippen molar-refractivity contribution >= 4 is 5.82 Å². The van der Waals surface area contributed by atoms with E-state index in [4.69, 9.17) is 4.74 Å². The van der Waals surface area contributed by atoms with Gasteiger partial charge >= 0.3 is 0 Å². The third kappa shape index (κ3) is 2.04. The fourth-order valence-corrected chi connectivity index (χ4v) is 1.74. The summed E-state index contributed by atoms with van der Waals surface area (Å²) in [6.07, 6.45) is 3.73. The van der Waals surface area contributed by atoms with Crippen molar-refractivity contribution in [3.8, 4) is 0 Å². The molecule has 0 saturated carbocycles. The molecular formula is C11H16N2O. The van der Waals surface area contributed by atoms with Crippen LogP contribution in [-0.2, 0) is 4.74 Å². The zero-order valence-corrected chi connectivity index (χ0v) is 8.49. The fraction of sp³-hybridized carbons (Fsp3) is 0.545. The van der Waals surface area contributed by atoms with Crippen molar-refractivity contribution < 1.29 is 4.74 Å². The normalized spacial score (nSPS) is 21.9. The van der Waals surface area contributed by atoms with E-state index in [1.165, 1.54) is 12.8 Å². The van der Waals surface area contributed by atoms with Gasteiger partial charge in [-0.25, -0.2) is 4.98 Å². The average Bonchev–Trinajstić information content (AvgIpc) is 2.30. The molecule has 0 amide bonds. The quantitative estimate of drug-likeness (QED) is 0.781. The van der Waals surface area contributed by atoms with Gasteiger partial charge in [-0.1, -0.05) is 6.07 Å². The highest BCUT2D eigenvalue weighted by Gasteiger charge is 2.17. The van der Waals surface area contributed by atoms with Gasteiger partial charge in [0.1, 0.15) is 5.82 Å². The van der Waals surface area contributed by atoms with E-state index in [0.717, 1.165) is 24.5 Å². The van der Waals surface area contributed by atoms with E-state index in [1.807, 2.05) is 25.2 Å². The first-order valence-electron chi connectivity index (χ1n) is 5.16. The van der Waals surface area contributed by atoms with Crippen molar-refractivity contribution in [2.24, 2.45) is 0 Å². The largest absolute Gasteiger partial charge is 0.373 e. The zero-order valence-electron chi connectivity index (χ0n) is 8.49. The second-order valence-electron chi connectivity index (χ2n) is 3.55. The molecule has 1 aromatic heterocycles. The number of ether oxygens (including phenoxy) is 1. The van der Waals surface area contributed by atoms with E-state index < -0.39 is 0 Å². The van der Waals surface area contributed by atoms with Crippen LogP contribution < -0.4 is 5.32 Å². The number of hydrogen-bond donors (Lipinski definition) is 1. The lowest BCUT2D eigenvalue weighted by Gasteiger charge is -2.22. The summed E-state index contributed by atoms with van der Waals surface area (Å²) in [5.74, 6) is 0.914. The van der Waals surface area contributed by atoms with Crippen LogP contribution in [0.1, 0.15) is 31.1 Å². The Hall–Kier alpha value is -1.09. The molecule has 1 N–H and O–H groups in total. The summed E-state index contributed by atoms with van der Waals surface area (Å²) in [6.45, 7) is 0.871. The molecule has 1 aromatic rings. The lowest BCUT2D eigenvalue weighted by Crippen LogP contribution is -2.13. The molecular weight excluding hydrogens is 176 g/mol. The summed E-state index contributed by atoms with van der Waals surface area (Å²) in [7, 11) is 1.88. The van der Waals surface area contributed by atoms with Crippen molar-refractivity contribution in [1.82, 2.24) is 4.98 Å². The number of nitrogens with one attached hydrogen (secondary N) is 1. The Bertz CT molecular complexity index is 295. The van der Waals surface area contributed by atoms with E-state index in [1.54, 1.807) is 0 Å². The standard InChI is InChI=1S/C11H16N2O/c1-12-11-7-4-5-9(13-11)10-6-2-3-8-14-10/h4-5,7,10H,2-3,6,8H2,1H3,(H,12,13)/t10-/m1/s1. The first-order valence-corrected chi connectivity index (χ1v) is 5.16. The van der Waals surface area contributed by atoms with Gasteiger partial charge in [-0.15, -0.1) is 0 Å². The highest BCUT2D eigenvalue weighted by molar-refractivity contribution is 5.34. The third-order valence-corrected chi connectivity index (χ3v) is 2.54. The molecule has 3 nitrogen and oxygen atoms in total. The third-order valence-electron chi connectivity index (χ3n) is 2.54. The molecule has 0 bridgehead atoms. The molecule has 1 saturated heterocycles. The maximum absolute atomic E-state index is 5.67. The lowest BCUT2D eigenvalue weighted by atomic mass is 10.1. The smallest absolute Gasteiger partial charge is 0.126 e. The fourth-order valence-electron chi connectivity index (χ4n) is 1.74. The molecule has 0 radical (unpaired) electrons. The highest BCUT2D eigenvalue weighted by atomic mass is 16.5. The Morgan fingerprint density at radius 3 is 3.07 bits per heavy atom. The summed E-state index contributed by atoms with van der Waals surface area (Å²) < 4.78 is 5.67. The van der Waals surface area contributed by atoms with E-state index >= 15 is 0 Å². The van der Waals surface area contributed by atoms with Crippen LogP contribution in [0.25, 0.3) is 0 Å². The molecule has 1 fully saturated rings. The lowest BCUT2D eigenvalue weighted by molar-refractivity contribution is 0.0124. The maximum atomic E-state index is 5.67. The minimum Gasteiger partial charge on any atom is -0.373 e. The average molecular weight is 192 g/mol. The van der Waals surface area contributed by atoms with Gasteiger partial charge in [-0.2, -0.15) is 0 Å². The Morgan fingerprint density at radius 2 is 2.36 bits per heavy atom. The second-order valence-corrected chi connectivity index (χ2v) is 3.55. The molecule has 3 heteroatoms. The van der Waals surface area contributed by atoms with Crippen molar-refractivity contribution in [2.45, 2.75) is 25.4 Å². The first-order chi connectivity index (χ1) is 6.90. The Kier molecular flexibility index (Phi) is 2.99. The Balaban J connectivity index is 2.13. The van der Waals surface area contributed by atoms with Crippen molar-refractivity contribution in [1.29, 1.82) is 0 Å². The van der Waals surface area contributed by atoms with Crippen LogP contribution in [0.3, 0.4) is 0 Å². The number of aromatic nitrogens is 1. The molecule has 1 aliphatic heterocycles. The molecule has 1 atom stereocenters. The van der Waals surface area contributed by atoms with Crippen LogP contribution in [0.5, 0.6) is 0 Å². The molecule has 0 aliphatic carbocycles. The summed E-state index contributed by atoms with van der Waals surface area (Å²) in [4.78, 5) is 4.48. The topological polar surface area (TPSA) is 34.1 Å². The summed E-state index contributed by atoms with van der Waals surface area (Å²) in [5, 5.41) is 3.04. The molecule has 2 rings (SSSR count). The number of rotatable bonds is 2. The van der Waals surface area contributed by atoms with Crippen LogP contribution in [0, 0.1) is 0 Å². The second kappa shape index (κ2) is 4.42. The van der Waals surface area contributed by atoms with Crippen LogP contribution in [-0.4, -0.2) is 18.6 Å². The molecule has 1 aliphatic rings. The van der Waals surface area contributed by atoms with Crippen LogP contribution in [0.4, 0.5) is 5.82 Å². The molecule has 0 spiro atoms. The summed E-state index contributed by atoms with van der Waals surface area (Å²) >= 11 is 0. The van der Waals surface area contributed by atoms with Crippen LogP contribution in [0.15, 0.2) is 18.2 Å². The number of nitrogens with zero attached hydrogens (tertiary/aromatic N) is 1. The van der Waals surface area contributed by atoms with Gasteiger partial charge in [-0.3, -0.25) is 0 Å². The van der Waals surface area contributed by atoms with E-state index in [9.17, 15) is 0 Å². The van der Waals surface area contributed by atoms with Crippen molar-refractivity contribution in [3.63, 3.8) is 0 Å². The Morgan fingerprint density at radius 1 is 1.43 bits per heavy atom. The number of anilines is 1. The van der Waals surface area contributed by atoms with Gasteiger partial charge in [0.05, 0.1) is 11.8 Å². The maximum Gasteiger partial charge on any atom is 0.126 e.